The van der Waals surface area contributed by atoms with E-state index in [9.17, 15) is 18.0 Å². The molecule has 3 aliphatic rings. The molecule has 1 N–H and O–H groups in total. The summed E-state index contributed by atoms with van der Waals surface area (Å²) in [6.45, 7) is 3.33. The van der Waals surface area contributed by atoms with Gasteiger partial charge in [-0.25, -0.2) is 0 Å². The number of aryl methyl sites for hydroxylation is 1. The minimum absolute atomic E-state index is 0.0287. The van der Waals surface area contributed by atoms with Crippen molar-refractivity contribution in [2.75, 3.05) is 47.0 Å². The van der Waals surface area contributed by atoms with Gasteiger partial charge in [0.2, 0.25) is 5.91 Å². The molecule has 1 saturated carbocycles. The van der Waals surface area contributed by atoms with Gasteiger partial charge in [0.15, 0.2) is 0 Å². The van der Waals surface area contributed by atoms with Crippen LogP contribution in [0.2, 0.25) is 0 Å². The molecule has 0 spiro atoms. The Morgan fingerprint density at radius 1 is 1.26 bits per heavy atom. The van der Waals surface area contributed by atoms with Crippen LogP contribution in [0.3, 0.4) is 0 Å². The Balaban J connectivity index is 1.30. The van der Waals surface area contributed by atoms with Crippen LogP contribution in [-0.2, 0) is 39.8 Å². The Morgan fingerprint density at radius 3 is 2.83 bits per heavy atom. The third-order valence-electron chi connectivity index (χ3n) is 9.19. The molecule has 4 atom stereocenters. The number of benzene rings is 1. The van der Waals surface area contributed by atoms with E-state index in [-0.39, 0.29) is 30.6 Å². The Kier molecular flexibility index (Phi) is 9.87. The summed E-state index contributed by atoms with van der Waals surface area (Å²) in [6.07, 6.45) is 1.95. The molecule has 42 heavy (non-hydrogen) atoms. The first kappa shape index (κ1) is 30.9. The van der Waals surface area contributed by atoms with Crippen LogP contribution < -0.4 is 5.32 Å². The molecule has 2 fully saturated rings. The number of nitrogens with zero attached hydrogens (tertiary/aromatic N) is 3. The fraction of sp³-hybridized carbons (Fsp3) is 0.625. The first-order valence-corrected chi connectivity index (χ1v) is 15.1. The fourth-order valence-corrected chi connectivity index (χ4v) is 7.00. The average molecular weight is 589 g/mol. The number of aromatic nitrogens is 1. The maximum Gasteiger partial charge on any atom is 0.417 e. The average Bonchev–Trinajstić information content (AvgIpc) is 3.39. The quantitative estimate of drug-likeness (QED) is 0.442. The van der Waals surface area contributed by atoms with Crippen molar-refractivity contribution in [1.82, 2.24) is 20.1 Å². The van der Waals surface area contributed by atoms with E-state index in [2.05, 4.69) is 46.5 Å². The highest BCUT2D eigenvalue weighted by Crippen LogP contribution is 2.42. The van der Waals surface area contributed by atoms with Crippen LogP contribution >= 0.6 is 0 Å². The van der Waals surface area contributed by atoms with Crippen molar-refractivity contribution in [2.24, 2.45) is 5.41 Å². The van der Waals surface area contributed by atoms with Gasteiger partial charge in [-0.3, -0.25) is 9.78 Å². The molecule has 1 aliphatic carbocycles. The van der Waals surface area contributed by atoms with Gasteiger partial charge in [-0.2, -0.15) is 13.2 Å². The molecule has 1 saturated heterocycles. The van der Waals surface area contributed by atoms with E-state index in [4.69, 9.17) is 9.47 Å². The van der Waals surface area contributed by atoms with Gasteiger partial charge in [0.1, 0.15) is 0 Å². The predicted molar refractivity (Wildman–Crippen MR) is 154 cm³/mol. The molecule has 5 rings (SSSR count). The molecule has 230 valence electrons. The van der Waals surface area contributed by atoms with Crippen molar-refractivity contribution in [1.29, 1.82) is 0 Å². The van der Waals surface area contributed by atoms with E-state index in [0.717, 1.165) is 44.8 Å². The van der Waals surface area contributed by atoms with E-state index in [1.807, 2.05) is 6.07 Å². The van der Waals surface area contributed by atoms with Gasteiger partial charge < -0.3 is 24.6 Å². The molecule has 1 aromatic carbocycles. The Hall–Kier alpha value is -2.53. The molecule has 3 unspecified atom stereocenters. The molecule has 10 heteroatoms. The largest absolute Gasteiger partial charge is 0.417 e. The number of carbonyl (C=O) groups is 1. The van der Waals surface area contributed by atoms with Crippen molar-refractivity contribution >= 4 is 5.91 Å². The highest BCUT2D eigenvalue weighted by atomic mass is 19.4. The van der Waals surface area contributed by atoms with E-state index < -0.39 is 17.2 Å². The Labute approximate surface area is 246 Å². The lowest BCUT2D eigenvalue weighted by Crippen LogP contribution is -2.53. The number of fused-ring (bicyclic) bond motifs is 1. The fourth-order valence-electron chi connectivity index (χ4n) is 7.00. The van der Waals surface area contributed by atoms with E-state index in [1.165, 1.54) is 11.6 Å². The number of alkyl halides is 3. The number of halogens is 3. The molecule has 7 nitrogen and oxygen atoms in total. The highest BCUT2D eigenvalue weighted by molar-refractivity contribution is 5.84. The molecular weight excluding hydrogens is 545 g/mol. The lowest BCUT2D eigenvalue weighted by Gasteiger charge is -2.39. The second-order valence-corrected chi connectivity index (χ2v) is 12.3. The van der Waals surface area contributed by atoms with Crippen molar-refractivity contribution in [3.8, 4) is 0 Å². The maximum absolute atomic E-state index is 14.4. The normalized spacial score (nSPS) is 26.4. The standard InChI is InChI=1S/C32H43F3N4O3/c1-38(14-6-9-23-7-4-3-5-8-23)22-31(13-10-26(18-31)37-28-12-16-42-21-29(28)41-2)30(40)39-15-11-27-24(20-39)17-25(19-36-27)32(33,34)35/h3-5,7-8,17,19,26,28-29,37H,6,9-16,18,20-22H2,1-2H3/t26?,28?,29?,31-/m0/s1. The van der Waals surface area contributed by atoms with E-state index in [0.29, 0.717) is 50.4 Å². The molecule has 2 aromatic rings. The highest BCUT2D eigenvalue weighted by Gasteiger charge is 2.49. The smallest absolute Gasteiger partial charge is 0.379 e. The molecule has 3 heterocycles. The number of hydrogen-bond acceptors (Lipinski definition) is 6. The number of methoxy groups -OCH3 is 1. The summed E-state index contributed by atoms with van der Waals surface area (Å²) in [5, 5.41) is 3.78. The summed E-state index contributed by atoms with van der Waals surface area (Å²) in [5.41, 5.74) is 1.06. The zero-order valence-corrected chi connectivity index (χ0v) is 24.7. The number of carbonyl (C=O) groups excluding carboxylic acids is 1. The summed E-state index contributed by atoms with van der Waals surface area (Å²) in [7, 11) is 3.78. The summed E-state index contributed by atoms with van der Waals surface area (Å²) in [6, 6.07) is 11.9. The molecule has 0 bridgehead atoms. The third-order valence-corrected chi connectivity index (χ3v) is 9.19. The van der Waals surface area contributed by atoms with E-state index in [1.54, 1.807) is 12.0 Å². The molecular formula is C32H43F3N4O3. The summed E-state index contributed by atoms with van der Waals surface area (Å²) < 4.78 is 51.5. The van der Waals surface area contributed by atoms with Crippen LogP contribution in [0.15, 0.2) is 42.6 Å². The zero-order chi connectivity index (χ0) is 29.7. The van der Waals surface area contributed by atoms with Gasteiger partial charge in [0.05, 0.1) is 23.7 Å². The Bertz CT molecular complexity index is 1200. The number of amides is 1. The van der Waals surface area contributed by atoms with Crippen molar-refractivity contribution in [3.63, 3.8) is 0 Å². The van der Waals surface area contributed by atoms with Crippen LogP contribution in [0.25, 0.3) is 0 Å². The van der Waals surface area contributed by atoms with Crippen molar-refractivity contribution < 1.29 is 27.4 Å². The first-order valence-electron chi connectivity index (χ1n) is 15.1. The zero-order valence-electron chi connectivity index (χ0n) is 24.7. The van der Waals surface area contributed by atoms with Crippen molar-refractivity contribution in [2.45, 2.75) is 75.9 Å². The second-order valence-electron chi connectivity index (χ2n) is 12.3. The third kappa shape index (κ3) is 7.33. The number of hydrogen-bond donors (Lipinski definition) is 1. The summed E-state index contributed by atoms with van der Waals surface area (Å²) in [5.74, 6) is 0.0417. The van der Waals surface area contributed by atoms with Gasteiger partial charge in [0.25, 0.3) is 0 Å². The summed E-state index contributed by atoms with van der Waals surface area (Å²) >= 11 is 0. The molecule has 0 radical (unpaired) electrons. The van der Waals surface area contributed by atoms with Gasteiger partial charge in [0, 0.05) is 63.7 Å². The van der Waals surface area contributed by atoms with Gasteiger partial charge >= 0.3 is 6.18 Å². The number of rotatable bonds is 10. The van der Waals surface area contributed by atoms with Crippen LogP contribution in [0, 0.1) is 5.41 Å². The van der Waals surface area contributed by atoms with Gasteiger partial charge in [-0.1, -0.05) is 30.3 Å². The number of ether oxygens (including phenoxy) is 2. The minimum atomic E-state index is -4.47. The maximum atomic E-state index is 14.4. The minimum Gasteiger partial charge on any atom is -0.379 e. The van der Waals surface area contributed by atoms with Crippen LogP contribution in [0.1, 0.15) is 54.5 Å². The number of nitrogens with one attached hydrogen (secondary N) is 1. The lowest BCUT2D eigenvalue weighted by atomic mass is 9.82. The van der Waals surface area contributed by atoms with Gasteiger partial charge in [-0.05, 0) is 69.3 Å². The Morgan fingerprint density at radius 2 is 2.07 bits per heavy atom. The molecule has 1 amide bonds. The number of pyridine rings is 1. The monoisotopic (exact) mass is 588 g/mol. The first-order chi connectivity index (χ1) is 20.2. The van der Waals surface area contributed by atoms with Crippen molar-refractivity contribution in [3.05, 3.63) is 65.0 Å². The topological polar surface area (TPSA) is 66.9 Å². The SMILES string of the molecule is COC1COCCC1NC1CC[C@](CN(C)CCCc2ccccc2)(C(=O)N2CCc3ncc(C(F)(F)F)cc3C2)C1. The second kappa shape index (κ2) is 13.4. The predicted octanol–water partition coefficient (Wildman–Crippen LogP) is 4.48. The van der Waals surface area contributed by atoms with Gasteiger partial charge in [-0.15, -0.1) is 0 Å². The van der Waals surface area contributed by atoms with E-state index >= 15 is 0 Å². The van der Waals surface area contributed by atoms with Crippen LogP contribution in [0.4, 0.5) is 13.2 Å². The van der Waals surface area contributed by atoms with Crippen LogP contribution in [0.5, 0.6) is 0 Å². The molecule has 1 aromatic heterocycles. The lowest BCUT2D eigenvalue weighted by molar-refractivity contribution is -0.144. The molecule has 2 aliphatic heterocycles. The van der Waals surface area contributed by atoms with Crippen LogP contribution in [-0.4, -0.2) is 85.9 Å². The summed E-state index contributed by atoms with van der Waals surface area (Å²) in [4.78, 5) is 22.5.